The summed E-state index contributed by atoms with van der Waals surface area (Å²) >= 11 is 4.87. The highest BCUT2D eigenvalue weighted by Crippen LogP contribution is 2.40. The van der Waals surface area contributed by atoms with E-state index in [0.717, 1.165) is 25.8 Å². The molecule has 4 rings (SSSR count). The Balaban J connectivity index is 1.76. The third-order valence-corrected chi connectivity index (χ3v) is 6.06. The molecular weight excluding hydrogens is 306 g/mol. The van der Waals surface area contributed by atoms with Crippen LogP contribution in [-0.4, -0.2) is 9.36 Å². The molecule has 0 aliphatic heterocycles. The number of rotatable bonds is 2. The largest absolute Gasteiger partial charge is 0.399 e. The lowest BCUT2D eigenvalue weighted by Gasteiger charge is -1.92. The molecule has 0 saturated heterocycles. The highest BCUT2D eigenvalue weighted by Gasteiger charge is 2.11. The van der Waals surface area contributed by atoms with E-state index in [2.05, 4.69) is 15.4 Å². The average molecular weight is 315 g/mol. The molecule has 0 aliphatic rings. The van der Waals surface area contributed by atoms with Gasteiger partial charge in [-0.25, -0.2) is 4.98 Å². The van der Waals surface area contributed by atoms with E-state index >= 15 is 0 Å². The molecule has 2 aromatic carbocycles. The molecular formula is C14H9N3S3. The van der Waals surface area contributed by atoms with Gasteiger partial charge < -0.3 is 5.73 Å². The van der Waals surface area contributed by atoms with Crippen molar-refractivity contribution in [1.29, 1.82) is 0 Å². The minimum Gasteiger partial charge on any atom is -0.399 e. The number of nitrogen functional groups attached to an aromatic ring is 1. The number of benzene rings is 2. The van der Waals surface area contributed by atoms with Crippen molar-refractivity contribution in [1.82, 2.24) is 9.36 Å². The first-order chi connectivity index (χ1) is 9.79. The molecule has 0 amide bonds. The van der Waals surface area contributed by atoms with Gasteiger partial charge in [0.05, 0.1) is 19.9 Å². The second-order valence-corrected chi connectivity index (χ2v) is 7.62. The minimum atomic E-state index is 0.779. The summed E-state index contributed by atoms with van der Waals surface area (Å²) in [6.07, 6.45) is 0. The van der Waals surface area contributed by atoms with E-state index in [-0.39, 0.29) is 0 Å². The van der Waals surface area contributed by atoms with Crippen molar-refractivity contribution in [2.45, 2.75) is 8.55 Å². The van der Waals surface area contributed by atoms with E-state index in [1.807, 2.05) is 36.4 Å². The van der Waals surface area contributed by atoms with Crippen molar-refractivity contribution in [3.8, 4) is 0 Å². The van der Waals surface area contributed by atoms with Crippen LogP contribution < -0.4 is 5.73 Å². The fourth-order valence-corrected chi connectivity index (χ4v) is 5.27. The molecule has 2 N–H and O–H groups in total. The fraction of sp³-hybridized carbons (Fsp3) is 0. The predicted octanol–water partition coefficient (Wildman–Crippen LogP) is 4.64. The van der Waals surface area contributed by atoms with Crippen LogP contribution in [0.3, 0.4) is 0 Å². The Morgan fingerprint density at radius 2 is 1.95 bits per heavy atom. The highest BCUT2D eigenvalue weighted by atomic mass is 32.2. The van der Waals surface area contributed by atoms with Gasteiger partial charge in [-0.3, -0.25) is 0 Å². The van der Waals surface area contributed by atoms with E-state index in [1.54, 1.807) is 23.1 Å². The van der Waals surface area contributed by atoms with E-state index in [1.165, 1.54) is 21.1 Å². The van der Waals surface area contributed by atoms with Crippen molar-refractivity contribution >= 4 is 61.4 Å². The number of nitrogens with two attached hydrogens (primary N) is 1. The standard InChI is InChI=1S/C14H9N3S3/c15-8-5-6-11-12(7-8)18-14(16-11)19-13-9-3-1-2-4-10(9)17-20-13/h1-7H,15H2. The Morgan fingerprint density at radius 1 is 1.05 bits per heavy atom. The zero-order valence-corrected chi connectivity index (χ0v) is 12.7. The summed E-state index contributed by atoms with van der Waals surface area (Å²) in [5.41, 5.74) is 8.63. The van der Waals surface area contributed by atoms with Crippen LogP contribution in [0, 0.1) is 0 Å². The Kier molecular flexibility index (Phi) is 2.87. The molecule has 2 aromatic heterocycles. The normalized spacial score (nSPS) is 11.4. The predicted molar refractivity (Wildman–Crippen MR) is 87.8 cm³/mol. The van der Waals surface area contributed by atoms with Gasteiger partial charge in [-0.05, 0) is 47.6 Å². The first-order valence-electron chi connectivity index (χ1n) is 5.98. The van der Waals surface area contributed by atoms with Gasteiger partial charge in [0.1, 0.15) is 0 Å². The topological polar surface area (TPSA) is 51.8 Å². The number of anilines is 1. The van der Waals surface area contributed by atoms with E-state index < -0.39 is 0 Å². The monoisotopic (exact) mass is 315 g/mol. The number of hydrogen-bond acceptors (Lipinski definition) is 6. The van der Waals surface area contributed by atoms with E-state index in [0.29, 0.717) is 0 Å². The first-order valence-corrected chi connectivity index (χ1v) is 8.38. The highest BCUT2D eigenvalue weighted by molar-refractivity contribution is 8.03. The van der Waals surface area contributed by atoms with Crippen molar-refractivity contribution in [2.75, 3.05) is 5.73 Å². The quantitative estimate of drug-likeness (QED) is 0.548. The first kappa shape index (κ1) is 12.1. The number of aromatic nitrogens is 2. The summed E-state index contributed by atoms with van der Waals surface area (Å²) in [6, 6.07) is 14.0. The summed E-state index contributed by atoms with van der Waals surface area (Å²) in [6.45, 7) is 0. The second-order valence-electron chi connectivity index (χ2n) is 4.30. The molecule has 0 unspecified atom stereocenters. The van der Waals surface area contributed by atoms with Crippen LogP contribution in [0.5, 0.6) is 0 Å². The maximum Gasteiger partial charge on any atom is 0.156 e. The van der Waals surface area contributed by atoms with Crippen molar-refractivity contribution < 1.29 is 0 Å². The van der Waals surface area contributed by atoms with Gasteiger partial charge >= 0.3 is 0 Å². The van der Waals surface area contributed by atoms with Gasteiger partial charge in [0.2, 0.25) is 0 Å². The van der Waals surface area contributed by atoms with E-state index in [4.69, 9.17) is 5.73 Å². The van der Waals surface area contributed by atoms with Crippen LogP contribution >= 0.6 is 34.6 Å². The molecule has 0 radical (unpaired) electrons. The molecule has 98 valence electrons. The van der Waals surface area contributed by atoms with Crippen LogP contribution in [0.4, 0.5) is 5.69 Å². The lowest BCUT2D eigenvalue weighted by molar-refractivity contribution is 1.30. The van der Waals surface area contributed by atoms with Crippen molar-refractivity contribution in [3.63, 3.8) is 0 Å². The van der Waals surface area contributed by atoms with Gasteiger partial charge in [-0.2, -0.15) is 4.37 Å². The third kappa shape index (κ3) is 2.06. The summed E-state index contributed by atoms with van der Waals surface area (Å²) < 4.78 is 7.80. The van der Waals surface area contributed by atoms with Crippen LogP contribution in [0.15, 0.2) is 51.0 Å². The Morgan fingerprint density at radius 3 is 2.90 bits per heavy atom. The Hall–Kier alpha value is -1.63. The average Bonchev–Trinajstić information content (AvgIpc) is 3.03. The number of nitrogens with zero attached hydrogens (tertiary/aromatic N) is 2. The molecule has 3 nitrogen and oxygen atoms in total. The maximum absolute atomic E-state index is 5.81. The molecule has 4 aromatic rings. The van der Waals surface area contributed by atoms with Crippen LogP contribution in [-0.2, 0) is 0 Å². The number of hydrogen-bond donors (Lipinski definition) is 1. The van der Waals surface area contributed by atoms with Crippen LogP contribution in [0.2, 0.25) is 0 Å². The van der Waals surface area contributed by atoms with Gasteiger partial charge in [0, 0.05) is 11.1 Å². The second kappa shape index (κ2) is 4.73. The maximum atomic E-state index is 5.81. The van der Waals surface area contributed by atoms with Gasteiger partial charge in [-0.15, -0.1) is 11.3 Å². The summed E-state index contributed by atoms with van der Waals surface area (Å²) in [7, 11) is 0. The summed E-state index contributed by atoms with van der Waals surface area (Å²) in [4.78, 5) is 4.64. The lowest BCUT2D eigenvalue weighted by atomic mass is 10.3. The molecule has 0 saturated carbocycles. The van der Waals surface area contributed by atoms with Crippen molar-refractivity contribution in [3.05, 3.63) is 42.5 Å². The van der Waals surface area contributed by atoms with Crippen LogP contribution in [0.1, 0.15) is 0 Å². The SMILES string of the molecule is Nc1ccc2nc(Sc3snc4ccccc34)sc2c1. The van der Waals surface area contributed by atoms with Crippen LogP contribution in [0.25, 0.3) is 21.1 Å². The summed E-state index contributed by atoms with van der Waals surface area (Å²) in [5, 5.41) is 1.20. The fourth-order valence-electron chi connectivity index (χ4n) is 1.98. The Labute approximate surface area is 127 Å². The minimum absolute atomic E-state index is 0.779. The molecule has 20 heavy (non-hydrogen) atoms. The molecule has 2 heterocycles. The van der Waals surface area contributed by atoms with E-state index in [9.17, 15) is 0 Å². The molecule has 0 aliphatic carbocycles. The van der Waals surface area contributed by atoms with Gasteiger partial charge in [-0.1, -0.05) is 18.2 Å². The molecule has 6 heteroatoms. The lowest BCUT2D eigenvalue weighted by Crippen LogP contribution is -1.81. The molecule has 0 atom stereocenters. The van der Waals surface area contributed by atoms with Crippen molar-refractivity contribution in [2.24, 2.45) is 0 Å². The molecule has 0 bridgehead atoms. The summed E-state index contributed by atoms with van der Waals surface area (Å²) in [5.74, 6) is 0. The Bertz CT molecular complexity index is 910. The zero-order valence-electron chi connectivity index (χ0n) is 10.2. The number of thiazole rings is 1. The third-order valence-electron chi connectivity index (χ3n) is 2.92. The smallest absolute Gasteiger partial charge is 0.156 e. The van der Waals surface area contributed by atoms with Gasteiger partial charge in [0.25, 0.3) is 0 Å². The zero-order chi connectivity index (χ0) is 13.5. The number of fused-ring (bicyclic) bond motifs is 2. The molecule has 0 fully saturated rings. The van der Waals surface area contributed by atoms with Gasteiger partial charge in [0.15, 0.2) is 4.34 Å². The molecule has 0 spiro atoms.